The van der Waals surface area contributed by atoms with Gasteiger partial charge in [0.1, 0.15) is 28.7 Å². The van der Waals surface area contributed by atoms with Crippen LogP contribution in [0.4, 0.5) is 0 Å². The van der Waals surface area contributed by atoms with Gasteiger partial charge in [-0.3, -0.25) is 38.5 Å². The second kappa shape index (κ2) is 23.6. The minimum atomic E-state index is -4.56. The fourth-order valence-corrected chi connectivity index (χ4v) is 8.53. The first kappa shape index (κ1) is 50.0. The van der Waals surface area contributed by atoms with E-state index in [4.69, 9.17) is 34.8 Å². The molecule has 1 heterocycles. The van der Waals surface area contributed by atoms with E-state index in [0.29, 0.717) is 6.42 Å². The van der Waals surface area contributed by atoms with Crippen LogP contribution in [0.15, 0.2) is 35.6 Å². The number of benzene rings is 1. The van der Waals surface area contributed by atoms with Gasteiger partial charge in [-0.2, -0.15) is 0 Å². The minimum absolute atomic E-state index is 0.0104. The lowest BCUT2D eigenvalue weighted by Crippen LogP contribution is -2.60. The van der Waals surface area contributed by atoms with Crippen LogP contribution in [0.5, 0.6) is 0 Å². The Morgan fingerprint density at radius 2 is 1.40 bits per heavy atom. The van der Waals surface area contributed by atoms with Gasteiger partial charge in [0.2, 0.25) is 23.5 Å². The number of hydrogen-bond acceptors (Lipinski definition) is 11. The maximum absolute atomic E-state index is 14.1. The molecule has 17 nitrogen and oxygen atoms in total. The fraction of sp³-hybridized carbons (Fsp3) is 0.564. The molecule has 1 fully saturated rings. The molecule has 2 aromatic rings. The lowest BCUT2D eigenvalue weighted by Gasteiger charge is -2.31. The smallest absolute Gasteiger partial charge is 0.290 e. The normalized spacial score (nSPS) is 15.7. The number of sulfonamides is 1. The summed E-state index contributed by atoms with van der Waals surface area (Å²) in [5.41, 5.74) is 0.0104. The molecule has 0 radical (unpaired) electrons. The summed E-state index contributed by atoms with van der Waals surface area (Å²) < 4.78 is 27.2. The lowest BCUT2D eigenvalue weighted by molar-refractivity contribution is -0.141. The Kier molecular flexibility index (Phi) is 19.6. The first-order chi connectivity index (χ1) is 28.3. The molecular formula is C39H53Cl3N8O9S. The van der Waals surface area contributed by atoms with Crippen molar-refractivity contribution in [1.29, 1.82) is 0 Å². The van der Waals surface area contributed by atoms with E-state index in [1.54, 1.807) is 11.6 Å². The molecule has 1 aromatic heterocycles. The van der Waals surface area contributed by atoms with Gasteiger partial charge < -0.3 is 26.6 Å². The van der Waals surface area contributed by atoms with E-state index in [0.717, 1.165) is 44.2 Å². The van der Waals surface area contributed by atoms with E-state index in [-0.39, 0.29) is 51.9 Å². The molecule has 1 saturated carbocycles. The third kappa shape index (κ3) is 15.0. The van der Waals surface area contributed by atoms with E-state index < -0.39 is 92.8 Å². The number of Topliss-reactive ketones (excluding diaryl/α,β-unsaturated/α-hetero) is 1. The summed E-state index contributed by atoms with van der Waals surface area (Å²) in [6, 6.07) is -2.68. The monoisotopic (exact) mass is 914 g/mol. The maximum Gasteiger partial charge on any atom is 0.290 e. The molecule has 0 aliphatic heterocycles. The van der Waals surface area contributed by atoms with Crippen LogP contribution >= 0.6 is 34.8 Å². The Balaban J connectivity index is 1.74. The largest absolute Gasteiger partial charge is 0.344 e. The minimum Gasteiger partial charge on any atom is -0.344 e. The molecule has 0 unspecified atom stereocenters. The fourth-order valence-electron chi connectivity index (χ4n) is 6.54. The highest BCUT2D eigenvalue weighted by atomic mass is 35.5. The van der Waals surface area contributed by atoms with E-state index in [1.165, 1.54) is 25.5 Å². The average Bonchev–Trinajstić information content (AvgIpc) is 3.21. The van der Waals surface area contributed by atoms with Crippen LogP contribution in [0.1, 0.15) is 103 Å². The molecule has 5 atom stereocenters. The van der Waals surface area contributed by atoms with Crippen LogP contribution in [0, 0.1) is 17.8 Å². The van der Waals surface area contributed by atoms with Gasteiger partial charge in [0.05, 0.1) is 33.9 Å². The molecule has 3 rings (SSSR count). The summed E-state index contributed by atoms with van der Waals surface area (Å²) >= 11 is 17.7. The van der Waals surface area contributed by atoms with Gasteiger partial charge in [-0.25, -0.2) is 18.1 Å². The number of amides is 6. The van der Waals surface area contributed by atoms with Crippen molar-refractivity contribution >= 4 is 86.1 Å². The number of hydrogen-bond donors (Lipinski definition) is 6. The second-order valence-electron chi connectivity index (χ2n) is 15.2. The highest BCUT2D eigenvalue weighted by Gasteiger charge is 2.36. The molecule has 1 aliphatic carbocycles. The number of nitrogens with zero attached hydrogens (tertiary/aromatic N) is 2. The number of ketones is 1. The van der Waals surface area contributed by atoms with Crippen LogP contribution in [0.3, 0.4) is 0 Å². The number of rotatable bonds is 21. The second-order valence-corrected chi connectivity index (χ2v) is 18.0. The van der Waals surface area contributed by atoms with Crippen molar-refractivity contribution in [1.82, 2.24) is 41.3 Å². The average molecular weight is 916 g/mol. The van der Waals surface area contributed by atoms with E-state index in [9.17, 15) is 42.0 Å². The van der Waals surface area contributed by atoms with Gasteiger partial charge in [-0.05, 0) is 49.1 Å². The van der Waals surface area contributed by atoms with Crippen molar-refractivity contribution in [3.8, 4) is 0 Å². The molecule has 6 N–H and O–H groups in total. The van der Waals surface area contributed by atoms with Crippen molar-refractivity contribution in [2.75, 3.05) is 6.54 Å². The zero-order valence-corrected chi connectivity index (χ0v) is 37.2. The van der Waals surface area contributed by atoms with Crippen LogP contribution in [0.2, 0.25) is 15.1 Å². The van der Waals surface area contributed by atoms with Gasteiger partial charge in [0.15, 0.2) is 0 Å². The van der Waals surface area contributed by atoms with Gasteiger partial charge in [-0.15, -0.1) is 0 Å². The Hall–Kier alpha value is -4.39. The number of aromatic nitrogens is 2. The summed E-state index contributed by atoms with van der Waals surface area (Å²) in [6.07, 6.45) is 9.41. The number of nitrogens with one attached hydrogen (secondary N) is 6. The van der Waals surface area contributed by atoms with Crippen LogP contribution in [-0.2, 0) is 38.8 Å². The molecule has 21 heteroatoms. The first-order valence-corrected chi connectivity index (χ1v) is 22.4. The molecule has 1 aliphatic rings. The van der Waals surface area contributed by atoms with E-state index >= 15 is 0 Å². The van der Waals surface area contributed by atoms with Gasteiger partial charge in [-0.1, -0.05) is 108 Å². The third-order valence-corrected chi connectivity index (χ3v) is 12.6. The highest BCUT2D eigenvalue weighted by molar-refractivity contribution is 7.90. The summed E-state index contributed by atoms with van der Waals surface area (Å²) in [7, 11) is -4.56. The van der Waals surface area contributed by atoms with Gasteiger partial charge >= 0.3 is 0 Å². The number of carbonyl (C=O) groups excluding carboxylic acids is 7. The van der Waals surface area contributed by atoms with Crippen molar-refractivity contribution in [3.05, 3.63) is 51.5 Å². The SMILES string of the molecule is CC[C@H](NC(=O)[C@H](CC1CCCCC1)NC(=O)[C@@H](NC(=O)[C@H](CC(C)C)NC(=O)c1cnccn1)[C@@H](C)CC)C(=O)C(=O)NCC(=O)NS(=O)(=O)c1cc(Cl)c(Cl)cc1Cl. The third-order valence-electron chi connectivity index (χ3n) is 10.0. The zero-order chi connectivity index (χ0) is 44.7. The van der Waals surface area contributed by atoms with Gasteiger partial charge in [0, 0.05) is 12.4 Å². The maximum atomic E-state index is 14.1. The molecule has 330 valence electrons. The van der Waals surface area contributed by atoms with Crippen molar-refractivity contribution < 1.29 is 42.0 Å². The first-order valence-electron chi connectivity index (χ1n) is 19.8. The molecule has 0 bridgehead atoms. The predicted octanol–water partition coefficient (Wildman–Crippen LogP) is 3.65. The topological polar surface area (TPSA) is 252 Å². The molecule has 1 aromatic carbocycles. The van der Waals surface area contributed by atoms with Crippen LogP contribution < -0.4 is 31.3 Å². The van der Waals surface area contributed by atoms with Crippen LogP contribution in [-0.4, -0.2) is 90.3 Å². The van der Waals surface area contributed by atoms with Gasteiger partial charge in [0.25, 0.3) is 27.7 Å². The Morgan fingerprint density at radius 1 is 0.767 bits per heavy atom. The molecule has 0 spiro atoms. The molecule has 0 saturated heterocycles. The van der Waals surface area contributed by atoms with Crippen molar-refractivity contribution in [3.63, 3.8) is 0 Å². The Labute approximate surface area is 365 Å². The summed E-state index contributed by atoms with van der Waals surface area (Å²) in [5.74, 6) is -6.61. The summed E-state index contributed by atoms with van der Waals surface area (Å²) in [4.78, 5) is 101. The van der Waals surface area contributed by atoms with Crippen molar-refractivity contribution in [2.24, 2.45) is 17.8 Å². The zero-order valence-electron chi connectivity index (χ0n) is 34.1. The summed E-state index contributed by atoms with van der Waals surface area (Å²) in [5, 5.41) is 12.4. The lowest BCUT2D eigenvalue weighted by atomic mass is 9.84. The molecule has 60 heavy (non-hydrogen) atoms. The highest BCUT2D eigenvalue weighted by Crippen LogP contribution is 2.31. The van der Waals surface area contributed by atoms with Crippen LogP contribution in [0.25, 0.3) is 0 Å². The molecule has 6 amide bonds. The predicted molar refractivity (Wildman–Crippen MR) is 224 cm³/mol. The Morgan fingerprint density at radius 3 is 2.00 bits per heavy atom. The summed E-state index contributed by atoms with van der Waals surface area (Å²) in [6.45, 7) is 7.96. The quantitative estimate of drug-likeness (QED) is 0.0779. The molecular weight excluding hydrogens is 863 g/mol. The Bertz CT molecular complexity index is 1990. The number of carbonyl (C=O) groups is 7. The van der Waals surface area contributed by atoms with Crippen molar-refractivity contribution in [2.45, 2.75) is 121 Å². The number of halogens is 3. The van der Waals surface area contributed by atoms with E-state index in [1.807, 2.05) is 20.8 Å². The van der Waals surface area contributed by atoms with E-state index in [2.05, 4.69) is 36.6 Å². The standard InChI is InChI=1S/C39H53Cl3N8O9S/c1-6-22(5)33(49-36(54)28(15-21(3)4)47-37(55)30-19-43-13-14-44-30)38(56)48-29(16-23-11-9-8-10-12-23)35(53)46-27(7-2)34(52)39(57)45-20-32(51)50-60(58,59)31-18-25(41)24(40)17-26(31)42/h13-14,17-19,21-23,27-29,33H,6-12,15-16,20H2,1-5H3,(H,45,57)(H,46,53)(H,47,55)(H,48,56)(H,49,54)(H,50,51)/t22-,27-,28-,29-,33-/m0/s1.